The molecule has 7 heteroatoms. The van der Waals surface area contributed by atoms with E-state index in [1.807, 2.05) is 24.3 Å². The number of rotatable bonds is 7. The molecule has 6 nitrogen and oxygen atoms in total. The van der Waals surface area contributed by atoms with E-state index in [1.54, 1.807) is 19.1 Å². The summed E-state index contributed by atoms with van der Waals surface area (Å²) in [5.74, 6) is 0.743. The third kappa shape index (κ3) is 5.46. The van der Waals surface area contributed by atoms with E-state index >= 15 is 0 Å². The predicted octanol–water partition coefficient (Wildman–Crippen LogP) is 5.45. The second kappa shape index (κ2) is 9.98. The zero-order valence-corrected chi connectivity index (χ0v) is 18.3. The maximum Gasteiger partial charge on any atom is 0.278 e. The molecule has 1 amide bonds. The van der Waals surface area contributed by atoms with Crippen LogP contribution < -0.4 is 10.1 Å². The van der Waals surface area contributed by atoms with Gasteiger partial charge < -0.3 is 14.6 Å². The number of ether oxygens (including phenoxy) is 1. The van der Waals surface area contributed by atoms with Crippen LogP contribution in [-0.2, 0) is 13.2 Å². The van der Waals surface area contributed by atoms with Crippen molar-refractivity contribution in [1.29, 1.82) is 0 Å². The Morgan fingerprint density at radius 1 is 1.13 bits per heavy atom. The highest BCUT2D eigenvalue weighted by atomic mass is 35.5. The topological polar surface area (TPSA) is 67.6 Å². The van der Waals surface area contributed by atoms with Gasteiger partial charge in [0.05, 0.1) is 10.6 Å². The Kier molecular flexibility index (Phi) is 6.89. The molecular formula is C24H26ClN3O3. The number of hydrogen-bond acceptors (Lipinski definition) is 5. The second-order valence-corrected chi connectivity index (χ2v) is 8.18. The highest BCUT2D eigenvalue weighted by molar-refractivity contribution is 6.32. The zero-order valence-electron chi connectivity index (χ0n) is 17.6. The smallest absolute Gasteiger partial charge is 0.278 e. The number of carbonyl (C=O) groups excluding carboxylic acids is 1. The summed E-state index contributed by atoms with van der Waals surface area (Å²) in [6.45, 7) is 5.15. The summed E-state index contributed by atoms with van der Waals surface area (Å²) in [5, 5.41) is 7.34. The molecule has 162 valence electrons. The standard InChI is InChI=1S/C24H26ClN3O3/c1-17-20(16-30-22-8-4-3-7-21(22)25)23(27-31-17)24(29)26-19-11-9-18(10-12-19)15-28-13-5-2-6-14-28/h3-4,7-12H,2,5-6,13-16H2,1H3,(H,26,29). The van der Waals surface area contributed by atoms with Crippen LogP contribution in [0.4, 0.5) is 5.69 Å². The zero-order chi connectivity index (χ0) is 21.6. The molecule has 1 fully saturated rings. The third-order valence-electron chi connectivity index (χ3n) is 5.48. The van der Waals surface area contributed by atoms with Crippen molar-refractivity contribution in [2.75, 3.05) is 18.4 Å². The number of amides is 1. The lowest BCUT2D eigenvalue weighted by molar-refractivity contribution is 0.101. The number of piperidine rings is 1. The van der Waals surface area contributed by atoms with Crippen LogP contribution in [0.1, 0.15) is 46.6 Å². The van der Waals surface area contributed by atoms with Gasteiger partial charge in [-0.2, -0.15) is 0 Å². The van der Waals surface area contributed by atoms with E-state index in [0.29, 0.717) is 27.8 Å². The number of anilines is 1. The number of para-hydroxylation sites is 1. The number of benzene rings is 2. The fourth-order valence-corrected chi connectivity index (χ4v) is 3.90. The van der Waals surface area contributed by atoms with Gasteiger partial charge in [0.15, 0.2) is 5.69 Å². The molecule has 1 aliphatic rings. The number of aryl methyl sites for hydroxylation is 1. The van der Waals surface area contributed by atoms with Crippen molar-refractivity contribution in [2.24, 2.45) is 0 Å². The Balaban J connectivity index is 1.39. The van der Waals surface area contributed by atoms with Crippen molar-refractivity contribution in [3.05, 3.63) is 76.1 Å². The number of hydrogen-bond donors (Lipinski definition) is 1. The minimum Gasteiger partial charge on any atom is -0.487 e. The molecule has 1 aromatic heterocycles. The first-order chi connectivity index (χ1) is 15.1. The van der Waals surface area contributed by atoms with Gasteiger partial charge in [-0.25, -0.2) is 0 Å². The van der Waals surface area contributed by atoms with Gasteiger partial charge in [-0.3, -0.25) is 9.69 Å². The van der Waals surface area contributed by atoms with Gasteiger partial charge in [0.2, 0.25) is 0 Å². The molecule has 0 aliphatic carbocycles. The molecule has 3 aromatic rings. The van der Waals surface area contributed by atoms with Gasteiger partial charge in [0.1, 0.15) is 18.1 Å². The maximum atomic E-state index is 12.8. The number of carbonyl (C=O) groups is 1. The minimum absolute atomic E-state index is 0.136. The number of nitrogens with zero attached hydrogens (tertiary/aromatic N) is 2. The van der Waals surface area contributed by atoms with E-state index in [9.17, 15) is 4.79 Å². The summed E-state index contributed by atoms with van der Waals surface area (Å²) < 4.78 is 11.0. The number of aromatic nitrogens is 1. The lowest BCUT2D eigenvalue weighted by Gasteiger charge is -2.26. The highest BCUT2D eigenvalue weighted by Gasteiger charge is 2.21. The average Bonchev–Trinajstić information content (AvgIpc) is 3.16. The Bertz CT molecular complexity index is 1030. The molecule has 31 heavy (non-hydrogen) atoms. The Morgan fingerprint density at radius 3 is 2.61 bits per heavy atom. The van der Waals surface area contributed by atoms with Crippen molar-refractivity contribution in [2.45, 2.75) is 39.3 Å². The predicted molar refractivity (Wildman–Crippen MR) is 121 cm³/mol. The molecule has 1 N–H and O–H groups in total. The normalized spacial score (nSPS) is 14.4. The highest BCUT2D eigenvalue weighted by Crippen LogP contribution is 2.25. The number of nitrogens with one attached hydrogen (secondary N) is 1. The van der Waals surface area contributed by atoms with Crippen molar-refractivity contribution in [1.82, 2.24) is 10.1 Å². The Hall–Kier alpha value is -2.83. The largest absolute Gasteiger partial charge is 0.487 e. The third-order valence-corrected chi connectivity index (χ3v) is 5.79. The van der Waals surface area contributed by atoms with Crippen molar-refractivity contribution in [3.8, 4) is 5.75 Å². The average molecular weight is 440 g/mol. The first kappa shape index (κ1) is 21.4. The van der Waals surface area contributed by atoms with Crippen molar-refractivity contribution >= 4 is 23.2 Å². The summed E-state index contributed by atoms with van der Waals surface area (Å²) in [6.07, 6.45) is 3.87. The molecule has 1 saturated heterocycles. The molecule has 0 saturated carbocycles. The van der Waals surface area contributed by atoms with E-state index in [4.69, 9.17) is 20.9 Å². The van der Waals surface area contributed by atoms with E-state index in [1.165, 1.54) is 24.8 Å². The SMILES string of the molecule is Cc1onc(C(=O)Nc2ccc(CN3CCCCC3)cc2)c1COc1ccccc1Cl. The van der Waals surface area contributed by atoms with Gasteiger partial charge in [0.25, 0.3) is 5.91 Å². The lowest BCUT2D eigenvalue weighted by Crippen LogP contribution is -2.29. The lowest BCUT2D eigenvalue weighted by atomic mass is 10.1. The summed E-state index contributed by atoms with van der Waals surface area (Å²) in [5.41, 5.74) is 2.76. The Labute approximate surface area is 187 Å². The molecule has 4 rings (SSSR count). The first-order valence-electron chi connectivity index (χ1n) is 10.6. The van der Waals surface area contributed by atoms with Crippen LogP contribution >= 0.6 is 11.6 Å². The fraction of sp³-hybridized carbons (Fsp3) is 0.333. The van der Waals surface area contributed by atoms with E-state index < -0.39 is 0 Å². The van der Waals surface area contributed by atoms with Crippen LogP contribution in [0.25, 0.3) is 0 Å². The quantitative estimate of drug-likeness (QED) is 0.529. The molecule has 0 bridgehead atoms. The van der Waals surface area contributed by atoms with Crippen LogP contribution in [-0.4, -0.2) is 29.1 Å². The monoisotopic (exact) mass is 439 g/mol. The van der Waals surface area contributed by atoms with Crippen molar-refractivity contribution < 1.29 is 14.1 Å². The molecular weight excluding hydrogens is 414 g/mol. The molecule has 0 unspecified atom stereocenters. The fourth-order valence-electron chi connectivity index (χ4n) is 3.71. The first-order valence-corrected chi connectivity index (χ1v) is 10.9. The summed E-state index contributed by atoms with van der Waals surface area (Å²) in [6, 6.07) is 15.1. The van der Waals surface area contributed by atoms with Crippen LogP contribution in [0, 0.1) is 6.92 Å². The van der Waals surface area contributed by atoms with Gasteiger partial charge in [-0.1, -0.05) is 47.4 Å². The molecule has 0 radical (unpaired) electrons. The van der Waals surface area contributed by atoms with Crippen LogP contribution in [0.3, 0.4) is 0 Å². The van der Waals surface area contributed by atoms with Gasteiger partial charge in [-0.15, -0.1) is 0 Å². The van der Waals surface area contributed by atoms with Crippen LogP contribution in [0.5, 0.6) is 5.75 Å². The van der Waals surface area contributed by atoms with E-state index in [2.05, 4.69) is 27.5 Å². The number of likely N-dealkylation sites (tertiary alicyclic amines) is 1. The minimum atomic E-state index is -0.335. The Morgan fingerprint density at radius 2 is 1.87 bits per heavy atom. The van der Waals surface area contributed by atoms with Gasteiger partial charge >= 0.3 is 0 Å². The molecule has 2 heterocycles. The summed E-state index contributed by atoms with van der Waals surface area (Å²) >= 11 is 6.14. The van der Waals surface area contributed by atoms with E-state index in [0.717, 1.165) is 19.6 Å². The molecule has 0 atom stereocenters. The maximum absolute atomic E-state index is 12.8. The summed E-state index contributed by atoms with van der Waals surface area (Å²) in [7, 11) is 0. The van der Waals surface area contributed by atoms with Crippen molar-refractivity contribution in [3.63, 3.8) is 0 Å². The van der Waals surface area contributed by atoms with E-state index in [-0.39, 0.29) is 18.2 Å². The molecule has 0 spiro atoms. The molecule has 2 aromatic carbocycles. The van der Waals surface area contributed by atoms with Gasteiger partial charge in [-0.05, 0) is 62.7 Å². The molecule has 1 aliphatic heterocycles. The second-order valence-electron chi connectivity index (χ2n) is 7.77. The van der Waals surface area contributed by atoms with Gasteiger partial charge in [0, 0.05) is 12.2 Å². The summed E-state index contributed by atoms with van der Waals surface area (Å²) in [4.78, 5) is 15.3. The van der Waals surface area contributed by atoms with Crippen LogP contribution in [0.2, 0.25) is 5.02 Å². The number of halogens is 1. The van der Waals surface area contributed by atoms with Crippen LogP contribution in [0.15, 0.2) is 53.1 Å².